The third-order valence-electron chi connectivity index (χ3n) is 6.57. The monoisotopic (exact) mass is 501 g/mol. The zero-order chi connectivity index (χ0) is 26.6. The molecule has 1 atom stereocenters. The van der Waals surface area contributed by atoms with E-state index in [1.54, 1.807) is 17.2 Å². The van der Waals surface area contributed by atoms with Gasteiger partial charge in [-0.25, -0.2) is 9.67 Å². The summed E-state index contributed by atoms with van der Waals surface area (Å²) in [6.45, 7) is 13.6. The minimum atomic E-state index is -0.300. The molecule has 2 amide bonds. The maximum atomic E-state index is 12.6. The van der Waals surface area contributed by atoms with Crippen LogP contribution in [0.2, 0.25) is 0 Å². The van der Waals surface area contributed by atoms with E-state index in [-0.39, 0.29) is 29.2 Å². The highest BCUT2D eigenvalue weighted by Crippen LogP contribution is 2.33. The van der Waals surface area contributed by atoms with Crippen molar-refractivity contribution < 1.29 is 9.59 Å². The van der Waals surface area contributed by atoms with E-state index >= 15 is 0 Å². The summed E-state index contributed by atoms with van der Waals surface area (Å²) in [5.41, 5.74) is 5.06. The highest BCUT2D eigenvalue weighted by atomic mass is 16.2. The second-order valence-electron chi connectivity index (χ2n) is 10.4. The number of carbonyl (C=O) groups excluding carboxylic acids is 2. The lowest BCUT2D eigenvalue weighted by Gasteiger charge is -2.35. The zero-order valence-electron chi connectivity index (χ0n) is 22.0. The van der Waals surface area contributed by atoms with Crippen molar-refractivity contribution in [1.82, 2.24) is 30.4 Å². The number of nitrogens with one attached hydrogen (secondary N) is 2. The van der Waals surface area contributed by atoms with Gasteiger partial charge in [-0.3, -0.25) is 14.6 Å². The van der Waals surface area contributed by atoms with Gasteiger partial charge < -0.3 is 15.5 Å². The van der Waals surface area contributed by atoms with Crippen LogP contribution >= 0.6 is 0 Å². The summed E-state index contributed by atoms with van der Waals surface area (Å²) >= 11 is 0. The van der Waals surface area contributed by atoms with Crippen LogP contribution < -0.4 is 15.5 Å². The molecule has 2 aromatic heterocycles. The molecular formula is C28H35N7O2. The number of aromatic nitrogens is 4. The van der Waals surface area contributed by atoms with Crippen LogP contribution in [0.5, 0.6) is 0 Å². The molecule has 0 spiro atoms. The van der Waals surface area contributed by atoms with Crippen molar-refractivity contribution in [3.05, 3.63) is 72.6 Å². The van der Waals surface area contributed by atoms with E-state index in [0.717, 1.165) is 53.9 Å². The Kier molecular flexibility index (Phi) is 7.71. The molecule has 4 rings (SSSR count). The average Bonchev–Trinajstić information content (AvgIpc) is 3.39. The first-order chi connectivity index (χ1) is 17.7. The highest BCUT2D eigenvalue weighted by molar-refractivity contribution is 5.90. The summed E-state index contributed by atoms with van der Waals surface area (Å²) in [5, 5.41) is 10.3. The number of amides is 2. The first kappa shape index (κ1) is 26.1. The molecule has 0 aliphatic carbocycles. The van der Waals surface area contributed by atoms with Gasteiger partial charge in [0.1, 0.15) is 6.33 Å². The molecule has 1 aromatic carbocycles. The van der Waals surface area contributed by atoms with Gasteiger partial charge in [-0.2, -0.15) is 0 Å². The first-order valence-corrected chi connectivity index (χ1v) is 12.6. The van der Waals surface area contributed by atoms with E-state index in [4.69, 9.17) is 0 Å². The molecule has 9 heteroatoms. The van der Waals surface area contributed by atoms with Crippen LogP contribution in [-0.4, -0.2) is 50.7 Å². The molecule has 3 aromatic rings. The van der Waals surface area contributed by atoms with Crippen LogP contribution in [0, 0.1) is 6.92 Å². The van der Waals surface area contributed by atoms with Crippen LogP contribution in [-0.2, 0) is 16.9 Å². The largest absolute Gasteiger partial charge is 0.368 e. The molecule has 1 aliphatic heterocycles. The van der Waals surface area contributed by atoms with Gasteiger partial charge in [0.25, 0.3) is 5.91 Å². The summed E-state index contributed by atoms with van der Waals surface area (Å²) in [6.07, 6.45) is 8.51. The standard InChI is InChI=1S/C28H35N7O2/c1-6-25(36)32-22-8-7-13-34(17-22)24-16-29-12-11-23(24)20-9-10-21(19(2)14-20)15-30-27(37)26-31-18-35(33-26)28(3,4)5/h6,9-12,14,16,18,22H,1,7-8,13,15,17H2,2-5H3,(H,30,37)(H,32,36). The fourth-order valence-electron chi connectivity index (χ4n) is 4.46. The summed E-state index contributed by atoms with van der Waals surface area (Å²) in [7, 11) is 0. The molecule has 1 unspecified atom stereocenters. The van der Waals surface area contributed by atoms with E-state index in [2.05, 4.69) is 49.3 Å². The predicted octanol–water partition coefficient (Wildman–Crippen LogP) is 3.60. The molecule has 3 heterocycles. The summed E-state index contributed by atoms with van der Waals surface area (Å²) in [4.78, 5) is 35.2. The van der Waals surface area contributed by atoms with Gasteiger partial charge in [0, 0.05) is 37.4 Å². The van der Waals surface area contributed by atoms with Crippen molar-refractivity contribution in [1.29, 1.82) is 0 Å². The summed E-state index contributed by atoms with van der Waals surface area (Å²) in [6, 6.07) is 8.34. The lowest BCUT2D eigenvalue weighted by molar-refractivity contribution is -0.117. The maximum Gasteiger partial charge on any atom is 0.291 e. The smallest absolute Gasteiger partial charge is 0.291 e. The Balaban J connectivity index is 1.47. The zero-order valence-corrected chi connectivity index (χ0v) is 22.0. The summed E-state index contributed by atoms with van der Waals surface area (Å²) < 4.78 is 1.69. The molecule has 9 nitrogen and oxygen atoms in total. The van der Waals surface area contributed by atoms with Crippen molar-refractivity contribution in [3.8, 4) is 11.1 Å². The topological polar surface area (TPSA) is 105 Å². The van der Waals surface area contributed by atoms with Gasteiger partial charge in [0.05, 0.1) is 17.4 Å². The third kappa shape index (κ3) is 6.22. The molecule has 0 bridgehead atoms. The minimum absolute atomic E-state index is 0.0734. The van der Waals surface area contributed by atoms with E-state index in [1.165, 1.54) is 6.08 Å². The Morgan fingerprint density at radius 2 is 2.05 bits per heavy atom. The molecule has 194 valence electrons. The van der Waals surface area contributed by atoms with Crippen LogP contribution in [0.1, 0.15) is 55.4 Å². The Morgan fingerprint density at radius 3 is 2.76 bits per heavy atom. The third-order valence-corrected chi connectivity index (χ3v) is 6.57. The molecule has 1 saturated heterocycles. The van der Waals surface area contributed by atoms with Crippen LogP contribution in [0.15, 0.2) is 55.6 Å². The fourth-order valence-corrected chi connectivity index (χ4v) is 4.46. The number of carbonyl (C=O) groups is 2. The van der Waals surface area contributed by atoms with Gasteiger partial charge in [0.2, 0.25) is 11.7 Å². The maximum absolute atomic E-state index is 12.6. The minimum Gasteiger partial charge on any atom is -0.368 e. The lowest BCUT2D eigenvalue weighted by Crippen LogP contribution is -2.47. The first-order valence-electron chi connectivity index (χ1n) is 12.6. The normalized spacial score (nSPS) is 15.8. The van der Waals surface area contributed by atoms with Crippen molar-refractivity contribution in [2.75, 3.05) is 18.0 Å². The number of piperidine rings is 1. The molecular weight excluding hydrogens is 466 g/mol. The number of aryl methyl sites for hydroxylation is 1. The van der Waals surface area contributed by atoms with Gasteiger partial charge in [-0.05, 0) is 69.4 Å². The number of pyridine rings is 1. The van der Waals surface area contributed by atoms with Crippen molar-refractivity contribution in [2.24, 2.45) is 0 Å². The molecule has 37 heavy (non-hydrogen) atoms. The SMILES string of the molecule is C=CC(=O)NC1CCCN(c2cnccc2-c2ccc(CNC(=O)c3ncn(C(C)(C)C)n3)c(C)c2)C1. The van der Waals surface area contributed by atoms with Crippen LogP contribution in [0.25, 0.3) is 11.1 Å². The molecule has 2 N–H and O–H groups in total. The number of nitrogens with zero attached hydrogens (tertiary/aromatic N) is 5. The number of anilines is 1. The lowest BCUT2D eigenvalue weighted by atomic mass is 9.97. The average molecular weight is 502 g/mol. The molecule has 1 fully saturated rings. The van der Waals surface area contributed by atoms with Crippen LogP contribution in [0.4, 0.5) is 5.69 Å². The van der Waals surface area contributed by atoms with Crippen molar-refractivity contribution >= 4 is 17.5 Å². The Hall–Kier alpha value is -4.01. The fraction of sp³-hybridized carbons (Fsp3) is 0.393. The van der Waals surface area contributed by atoms with E-state index < -0.39 is 0 Å². The van der Waals surface area contributed by atoms with Gasteiger partial charge in [-0.15, -0.1) is 5.10 Å². The number of benzene rings is 1. The predicted molar refractivity (Wildman–Crippen MR) is 144 cm³/mol. The molecule has 1 aliphatic rings. The second kappa shape index (κ2) is 10.9. The van der Waals surface area contributed by atoms with Gasteiger partial charge >= 0.3 is 0 Å². The molecule has 0 saturated carbocycles. The Labute approximate surface area is 218 Å². The van der Waals surface area contributed by atoms with Crippen LogP contribution in [0.3, 0.4) is 0 Å². The quantitative estimate of drug-likeness (QED) is 0.479. The second-order valence-corrected chi connectivity index (χ2v) is 10.4. The Bertz CT molecular complexity index is 1290. The highest BCUT2D eigenvalue weighted by Gasteiger charge is 2.23. The summed E-state index contributed by atoms with van der Waals surface area (Å²) in [5.74, 6) is -0.282. The Morgan fingerprint density at radius 1 is 1.24 bits per heavy atom. The van der Waals surface area contributed by atoms with Crippen molar-refractivity contribution in [3.63, 3.8) is 0 Å². The van der Waals surface area contributed by atoms with Crippen molar-refractivity contribution in [2.45, 2.75) is 58.7 Å². The van der Waals surface area contributed by atoms with E-state index in [0.29, 0.717) is 6.54 Å². The molecule has 0 radical (unpaired) electrons. The van der Waals surface area contributed by atoms with E-state index in [1.807, 2.05) is 46.0 Å². The number of hydrogen-bond donors (Lipinski definition) is 2. The number of rotatable bonds is 7. The number of hydrogen-bond acceptors (Lipinski definition) is 6. The van der Waals surface area contributed by atoms with E-state index in [9.17, 15) is 9.59 Å². The van der Waals surface area contributed by atoms with Gasteiger partial charge in [0.15, 0.2) is 0 Å². The van der Waals surface area contributed by atoms with Gasteiger partial charge in [-0.1, -0.05) is 24.8 Å².